The summed E-state index contributed by atoms with van der Waals surface area (Å²) in [6.07, 6.45) is 0. The first-order valence-electron chi connectivity index (χ1n) is 5.29. The van der Waals surface area contributed by atoms with Gasteiger partial charge in [-0.2, -0.15) is 4.98 Å². The maximum atomic E-state index is 5.20. The highest BCUT2D eigenvalue weighted by atomic mass is 79.9. The van der Waals surface area contributed by atoms with Crippen LogP contribution in [0.15, 0.2) is 25.6 Å². The molecule has 0 fully saturated rings. The number of nitrogens with zero attached hydrogens (tertiary/aromatic N) is 4. The minimum Gasteiger partial charge on any atom is -0.338 e. The van der Waals surface area contributed by atoms with Crippen molar-refractivity contribution in [2.75, 3.05) is 0 Å². The second kappa shape index (κ2) is 5.43. The quantitative estimate of drug-likeness (QED) is 0.721. The highest BCUT2D eigenvalue weighted by Crippen LogP contribution is 2.28. The number of aromatic amines is 1. The van der Waals surface area contributed by atoms with Crippen LogP contribution in [0.3, 0.4) is 0 Å². The van der Waals surface area contributed by atoms with E-state index in [0.717, 1.165) is 15.2 Å². The maximum Gasteiger partial charge on any atom is 0.237 e. The molecule has 0 aromatic carbocycles. The van der Waals surface area contributed by atoms with Gasteiger partial charge in [-0.1, -0.05) is 16.9 Å². The van der Waals surface area contributed by atoms with Crippen molar-refractivity contribution in [1.82, 2.24) is 25.3 Å². The van der Waals surface area contributed by atoms with E-state index in [2.05, 4.69) is 41.3 Å². The Balaban J connectivity index is 1.68. The summed E-state index contributed by atoms with van der Waals surface area (Å²) in [5, 5.41) is 13.4. The van der Waals surface area contributed by atoms with E-state index in [4.69, 9.17) is 4.52 Å². The zero-order valence-corrected chi connectivity index (χ0v) is 13.0. The van der Waals surface area contributed by atoms with Gasteiger partial charge in [0, 0.05) is 9.85 Å². The van der Waals surface area contributed by atoms with Crippen LogP contribution in [0, 0.1) is 6.92 Å². The van der Waals surface area contributed by atoms with Gasteiger partial charge in [0.1, 0.15) is 5.82 Å². The van der Waals surface area contributed by atoms with Gasteiger partial charge < -0.3 is 4.52 Å². The van der Waals surface area contributed by atoms with Crippen molar-refractivity contribution in [2.24, 2.45) is 0 Å². The van der Waals surface area contributed by atoms with E-state index in [0.29, 0.717) is 22.6 Å². The fourth-order valence-electron chi connectivity index (χ4n) is 1.36. The molecule has 0 unspecified atom stereocenters. The van der Waals surface area contributed by atoms with Gasteiger partial charge in [-0.15, -0.1) is 16.4 Å². The van der Waals surface area contributed by atoms with Gasteiger partial charge in [-0.25, -0.2) is 4.98 Å². The first-order valence-corrected chi connectivity index (χ1v) is 7.95. The molecule has 0 atom stereocenters. The zero-order valence-electron chi connectivity index (χ0n) is 9.75. The Morgan fingerprint density at radius 1 is 1.47 bits per heavy atom. The Bertz CT molecular complexity index is 691. The molecule has 0 aliphatic carbocycles. The summed E-state index contributed by atoms with van der Waals surface area (Å²) in [4.78, 5) is 9.51. The molecule has 3 aromatic heterocycles. The van der Waals surface area contributed by atoms with Crippen LogP contribution in [0.2, 0.25) is 0 Å². The molecule has 1 N–H and O–H groups in total. The molecule has 0 spiro atoms. The molecule has 3 heterocycles. The Kier molecular flexibility index (Phi) is 3.67. The summed E-state index contributed by atoms with van der Waals surface area (Å²) < 4.78 is 6.22. The smallest absolute Gasteiger partial charge is 0.237 e. The zero-order chi connectivity index (χ0) is 13.2. The predicted molar refractivity (Wildman–Crippen MR) is 76.0 cm³/mol. The molecule has 0 bridgehead atoms. The van der Waals surface area contributed by atoms with Gasteiger partial charge in [0.25, 0.3) is 0 Å². The summed E-state index contributed by atoms with van der Waals surface area (Å²) in [7, 11) is 0. The molecule has 98 valence electrons. The number of rotatable bonds is 4. The molecule has 3 rings (SSSR count). The minimum atomic E-state index is 0.552. The van der Waals surface area contributed by atoms with Gasteiger partial charge in [0.2, 0.25) is 16.9 Å². The van der Waals surface area contributed by atoms with Gasteiger partial charge in [0.15, 0.2) is 0 Å². The van der Waals surface area contributed by atoms with E-state index in [1.54, 1.807) is 11.3 Å². The summed E-state index contributed by atoms with van der Waals surface area (Å²) in [6.45, 7) is 1.86. The van der Waals surface area contributed by atoms with Crippen LogP contribution >= 0.6 is 39.0 Å². The molecule has 0 saturated heterocycles. The number of nitrogens with one attached hydrogen (secondary N) is 1. The molecule has 0 saturated carbocycles. The number of aryl methyl sites for hydroxylation is 1. The number of hydrogen-bond donors (Lipinski definition) is 1. The Hall–Kier alpha value is -1.19. The second-order valence-electron chi connectivity index (χ2n) is 3.63. The van der Waals surface area contributed by atoms with Gasteiger partial charge in [-0.05, 0) is 28.9 Å². The fraction of sp³-hybridized carbons (Fsp3) is 0.200. The van der Waals surface area contributed by atoms with Crippen LogP contribution in [-0.4, -0.2) is 25.3 Å². The molecule has 3 aromatic rings. The van der Waals surface area contributed by atoms with E-state index >= 15 is 0 Å². The number of hydrogen-bond acceptors (Lipinski definition) is 7. The average Bonchev–Trinajstić information content (AvgIpc) is 3.07. The highest BCUT2D eigenvalue weighted by Gasteiger charge is 2.11. The van der Waals surface area contributed by atoms with Crippen LogP contribution in [0.1, 0.15) is 11.7 Å². The van der Waals surface area contributed by atoms with E-state index < -0.39 is 0 Å². The molecule has 0 aliphatic heterocycles. The Morgan fingerprint density at radius 2 is 2.37 bits per heavy atom. The third kappa shape index (κ3) is 3.04. The fourth-order valence-corrected chi connectivity index (χ4v) is 3.39. The summed E-state index contributed by atoms with van der Waals surface area (Å²) >= 11 is 6.42. The summed E-state index contributed by atoms with van der Waals surface area (Å²) in [5.74, 6) is 2.51. The van der Waals surface area contributed by atoms with Crippen molar-refractivity contribution in [3.05, 3.63) is 27.6 Å². The third-order valence-corrected chi connectivity index (χ3v) is 4.68. The normalized spacial score (nSPS) is 11.1. The standard InChI is InChI=1S/C10H8BrN5OS2/c1-5-12-10(15-14-5)19-4-8-13-9(16-17-8)7-2-6(11)3-18-7/h2-3H,4H2,1H3,(H,12,14,15). The monoisotopic (exact) mass is 357 g/mol. The number of aromatic nitrogens is 5. The average molecular weight is 358 g/mol. The van der Waals surface area contributed by atoms with Crippen LogP contribution in [0.4, 0.5) is 0 Å². The van der Waals surface area contributed by atoms with Crippen LogP contribution in [0.5, 0.6) is 0 Å². The van der Waals surface area contributed by atoms with Gasteiger partial charge in [-0.3, -0.25) is 5.10 Å². The number of H-pyrrole nitrogens is 1. The van der Waals surface area contributed by atoms with Crippen LogP contribution in [-0.2, 0) is 5.75 Å². The molecule has 0 amide bonds. The molecular formula is C10H8BrN5OS2. The number of thioether (sulfide) groups is 1. The maximum absolute atomic E-state index is 5.20. The van der Waals surface area contributed by atoms with Crippen molar-refractivity contribution < 1.29 is 4.52 Å². The molecule has 0 aliphatic rings. The van der Waals surface area contributed by atoms with Gasteiger partial charge in [0.05, 0.1) is 10.6 Å². The Morgan fingerprint density at radius 3 is 3.05 bits per heavy atom. The Labute approximate surface area is 125 Å². The van der Waals surface area contributed by atoms with Crippen molar-refractivity contribution in [1.29, 1.82) is 0 Å². The molecule has 19 heavy (non-hydrogen) atoms. The summed E-state index contributed by atoms with van der Waals surface area (Å²) in [6, 6.07) is 1.96. The highest BCUT2D eigenvalue weighted by molar-refractivity contribution is 9.10. The first-order chi connectivity index (χ1) is 9.20. The molecular weight excluding hydrogens is 350 g/mol. The topological polar surface area (TPSA) is 80.5 Å². The van der Waals surface area contributed by atoms with Crippen molar-refractivity contribution >= 4 is 39.0 Å². The molecule has 0 radical (unpaired) electrons. The lowest BCUT2D eigenvalue weighted by Gasteiger charge is -1.88. The van der Waals surface area contributed by atoms with Crippen molar-refractivity contribution in [3.63, 3.8) is 0 Å². The van der Waals surface area contributed by atoms with E-state index in [9.17, 15) is 0 Å². The number of thiophene rings is 1. The second-order valence-corrected chi connectivity index (χ2v) is 6.40. The largest absolute Gasteiger partial charge is 0.338 e. The lowest BCUT2D eigenvalue weighted by Crippen LogP contribution is -1.82. The van der Waals surface area contributed by atoms with Gasteiger partial charge >= 0.3 is 0 Å². The minimum absolute atomic E-state index is 0.552. The molecule has 6 nitrogen and oxygen atoms in total. The van der Waals surface area contributed by atoms with Crippen molar-refractivity contribution in [3.8, 4) is 10.7 Å². The SMILES string of the molecule is Cc1nc(SCc2nc(-c3cc(Br)cs3)no2)n[nH]1. The predicted octanol–water partition coefficient (Wildman–Crippen LogP) is 3.28. The van der Waals surface area contributed by atoms with E-state index in [1.165, 1.54) is 11.8 Å². The first kappa shape index (κ1) is 12.8. The van der Waals surface area contributed by atoms with Crippen LogP contribution in [0.25, 0.3) is 10.7 Å². The van der Waals surface area contributed by atoms with E-state index in [-0.39, 0.29) is 0 Å². The van der Waals surface area contributed by atoms with Crippen LogP contribution < -0.4 is 0 Å². The van der Waals surface area contributed by atoms with E-state index in [1.807, 2.05) is 18.4 Å². The lowest BCUT2D eigenvalue weighted by molar-refractivity contribution is 0.391. The summed E-state index contributed by atoms with van der Waals surface area (Å²) in [5.41, 5.74) is 0. The lowest BCUT2D eigenvalue weighted by atomic mass is 10.4. The van der Waals surface area contributed by atoms with Crippen molar-refractivity contribution in [2.45, 2.75) is 17.8 Å². The number of halogens is 1. The third-order valence-electron chi connectivity index (χ3n) is 2.16. The molecule has 9 heteroatoms.